The fourth-order valence-corrected chi connectivity index (χ4v) is 3.51. The van der Waals surface area contributed by atoms with Crippen LogP contribution in [-0.4, -0.2) is 23.3 Å². The molecular formula is C22H23N3O2S. The van der Waals surface area contributed by atoms with Crippen molar-refractivity contribution in [2.24, 2.45) is 0 Å². The van der Waals surface area contributed by atoms with E-state index < -0.39 is 0 Å². The van der Waals surface area contributed by atoms with Crippen molar-refractivity contribution in [3.8, 4) is 0 Å². The van der Waals surface area contributed by atoms with E-state index >= 15 is 0 Å². The number of rotatable bonds is 9. The van der Waals surface area contributed by atoms with Crippen LogP contribution in [0.25, 0.3) is 0 Å². The fourth-order valence-electron chi connectivity index (χ4n) is 2.78. The van der Waals surface area contributed by atoms with Crippen molar-refractivity contribution in [1.82, 2.24) is 10.3 Å². The number of thiazole rings is 1. The van der Waals surface area contributed by atoms with Crippen molar-refractivity contribution in [3.63, 3.8) is 0 Å². The normalized spacial score (nSPS) is 10.4. The molecule has 3 aromatic rings. The van der Waals surface area contributed by atoms with E-state index in [1.807, 2.05) is 53.9 Å². The first-order valence-corrected chi connectivity index (χ1v) is 10.2. The topological polar surface area (TPSA) is 71.1 Å². The minimum atomic E-state index is -0.113. The first-order valence-electron chi connectivity index (χ1n) is 9.28. The molecule has 0 saturated heterocycles. The lowest BCUT2D eigenvalue weighted by atomic mass is 10.1. The van der Waals surface area contributed by atoms with Crippen LogP contribution in [-0.2, 0) is 28.9 Å². The van der Waals surface area contributed by atoms with Crippen molar-refractivity contribution in [2.75, 3.05) is 11.9 Å². The third-order valence-electron chi connectivity index (χ3n) is 4.15. The molecular weight excluding hydrogens is 370 g/mol. The van der Waals surface area contributed by atoms with E-state index in [0.29, 0.717) is 23.8 Å². The van der Waals surface area contributed by atoms with Crippen molar-refractivity contribution in [2.45, 2.75) is 25.7 Å². The van der Waals surface area contributed by atoms with Crippen molar-refractivity contribution < 1.29 is 9.59 Å². The number of anilines is 1. The van der Waals surface area contributed by atoms with Crippen LogP contribution in [0.5, 0.6) is 0 Å². The van der Waals surface area contributed by atoms with Gasteiger partial charge < -0.3 is 10.6 Å². The summed E-state index contributed by atoms with van der Waals surface area (Å²) in [6.45, 7) is 0.637. The van der Waals surface area contributed by atoms with Gasteiger partial charge in [-0.3, -0.25) is 9.59 Å². The Morgan fingerprint density at radius 1 is 0.857 bits per heavy atom. The number of aromatic nitrogens is 1. The summed E-state index contributed by atoms with van der Waals surface area (Å²) in [5, 5.41) is 8.04. The molecule has 0 bridgehead atoms. The smallest absolute Gasteiger partial charge is 0.230 e. The lowest BCUT2D eigenvalue weighted by Gasteiger charge is -2.04. The van der Waals surface area contributed by atoms with Gasteiger partial charge in [-0.25, -0.2) is 4.98 Å². The number of amides is 2. The average molecular weight is 394 g/mol. The Hall–Kier alpha value is -2.99. The first-order chi connectivity index (χ1) is 13.7. The molecule has 5 nitrogen and oxygen atoms in total. The highest BCUT2D eigenvalue weighted by Gasteiger charge is 2.10. The van der Waals surface area contributed by atoms with E-state index in [2.05, 4.69) is 27.8 Å². The zero-order valence-electron chi connectivity index (χ0n) is 15.6. The van der Waals surface area contributed by atoms with Crippen LogP contribution in [0.3, 0.4) is 0 Å². The summed E-state index contributed by atoms with van der Waals surface area (Å²) in [5.41, 5.74) is 2.89. The van der Waals surface area contributed by atoms with Gasteiger partial charge in [-0.15, -0.1) is 11.3 Å². The van der Waals surface area contributed by atoms with Crippen molar-refractivity contribution in [3.05, 3.63) is 82.9 Å². The Morgan fingerprint density at radius 2 is 1.54 bits per heavy atom. The second kappa shape index (κ2) is 10.4. The van der Waals surface area contributed by atoms with Gasteiger partial charge in [-0.1, -0.05) is 60.7 Å². The van der Waals surface area contributed by atoms with Crippen molar-refractivity contribution >= 4 is 28.3 Å². The number of hydrogen-bond donors (Lipinski definition) is 2. The molecule has 0 radical (unpaired) electrons. The van der Waals surface area contributed by atoms with Crippen LogP contribution in [0.4, 0.5) is 5.13 Å². The van der Waals surface area contributed by atoms with Crippen LogP contribution in [0.15, 0.2) is 66.0 Å². The number of aryl methyl sites for hydroxylation is 1. The van der Waals surface area contributed by atoms with E-state index in [1.54, 1.807) is 0 Å². The minimum Gasteiger partial charge on any atom is -0.356 e. The lowest BCUT2D eigenvalue weighted by molar-refractivity contribution is -0.120. The van der Waals surface area contributed by atoms with Gasteiger partial charge in [0.25, 0.3) is 0 Å². The van der Waals surface area contributed by atoms with Crippen LogP contribution in [0.1, 0.15) is 23.2 Å². The number of hydrogen-bond acceptors (Lipinski definition) is 4. The van der Waals surface area contributed by atoms with E-state index in [1.165, 1.54) is 16.9 Å². The molecule has 2 aromatic carbocycles. The first kappa shape index (κ1) is 19.8. The van der Waals surface area contributed by atoms with Gasteiger partial charge in [-0.2, -0.15) is 0 Å². The predicted octanol–water partition coefficient (Wildman–Crippen LogP) is 3.62. The predicted molar refractivity (Wildman–Crippen MR) is 112 cm³/mol. The maximum Gasteiger partial charge on any atom is 0.230 e. The summed E-state index contributed by atoms with van der Waals surface area (Å²) < 4.78 is 0. The average Bonchev–Trinajstić information content (AvgIpc) is 3.13. The van der Waals surface area contributed by atoms with Crippen LogP contribution >= 0.6 is 11.3 Å². The summed E-state index contributed by atoms with van der Waals surface area (Å²) in [6.07, 6.45) is 2.36. The number of benzene rings is 2. The Bertz CT molecular complexity index is 894. The van der Waals surface area contributed by atoms with Gasteiger partial charge in [0, 0.05) is 11.9 Å². The van der Waals surface area contributed by atoms with Gasteiger partial charge in [0.1, 0.15) is 0 Å². The van der Waals surface area contributed by atoms with E-state index in [0.717, 1.165) is 18.4 Å². The molecule has 3 rings (SSSR count). The second-order valence-corrected chi connectivity index (χ2v) is 7.33. The highest BCUT2D eigenvalue weighted by atomic mass is 32.1. The SMILES string of the molecule is O=C(Cc1csc(NC(=O)Cc2ccccc2)n1)NCCCc1ccccc1. The third kappa shape index (κ3) is 6.63. The zero-order valence-corrected chi connectivity index (χ0v) is 16.4. The summed E-state index contributed by atoms with van der Waals surface area (Å²) >= 11 is 1.33. The maximum absolute atomic E-state index is 12.1. The standard InChI is InChI=1S/C22H23N3O2S/c26-20(23-13-7-12-17-8-3-1-4-9-17)15-19-16-28-22(24-19)25-21(27)14-18-10-5-2-6-11-18/h1-6,8-11,16H,7,12-15H2,(H,23,26)(H,24,25,27). The number of nitrogens with one attached hydrogen (secondary N) is 2. The second-order valence-electron chi connectivity index (χ2n) is 6.47. The quantitative estimate of drug-likeness (QED) is 0.546. The van der Waals surface area contributed by atoms with Crippen LogP contribution in [0, 0.1) is 0 Å². The molecule has 1 heterocycles. The summed E-state index contributed by atoms with van der Waals surface area (Å²) in [6, 6.07) is 19.8. The molecule has 0 aliphatic rings. The van der Waals surface area contributed by atoms with Gasteiger partial charge in [-0.05, 0) is 24.0 Å². The molecule has 0 atom stereocenters. The van der Waals surface area contributed by atoms with Crippen LogP contribution in [0.2, 0.25) is 0 Å². The van der Waals surface area contributed by atoms with E-state index in [-0.39, 0.29) is 18.2 Å². The van der Waals surface area contributed by atoms with Crippen molar-refractivity contribution in [1.29, 1.82) is 0 Å². The molecule has 144 valence electrons. The minimum absolute atomic E-state index is 0.0551. The van der Waals surface area contributed by atoms with Gasteiger partial charge >= 0.3 is 0 Å². The summed E-state index contributed by atoms with van der Waals surface area (Å²) in [4.78, 5) is 28.5. The molecule has 0 unspecified atom stereocenters. The highest BCUT2D eigenvalue weighted by molar-refractivity contribution is 7.13. The summed E-state index contributed by atoms with van der Waals surface area (Å²) in [7, 11) is 0. The molecule has 0 spiro atoms. The molecule has 0 aliphatic carbocycles. The molecule has 2 amide bonds. The molecule has 1 aromatic heterocycles. The molecule has 0 fully saturated rings. The Kier molecular flexibility index (Phi) is 7.32. The highest BCUT2D eigenvalue weighted by Crippen LogP contribution is 2.16. The van der Waals surface area contributed by atoms with Crippen LogP contribution < -0.4 is 10.6 Å². The van der Waals surface area contributed by atoms with Gasteiger partial charge in [0.05, 0.1) is 18.5 Å². The monoisotopic (exact) mass is 393 g/mol. The lowest BCUT2D eigenvalue weighted by Crippen LogP contribution is -2.26. The zero-order chi connectivity index (χ0) is 19.6. The molecule has 6 heteroatoms. The number of carbonyl (C=O) groups excluding carboxylic acids is 2. The fraction of sp³-hybridized carbons (Fsp3) is 0.227. The Balaban J connectivity index is 1.37. The largest absolute Gasteiger partial charge is 0.356 e. The molecule has 0 aliphatic heterocycles. The molecule has 2 N–H and O–H groups in total. The third-order valence-corrected chi connectivity index (χ3v) is 4.96. The number of carbonyl (C=O) groups is 2. The molecule has 0 saturated carbocycles. The van der Waals surface area contributed by atoms with E-state index in [4.69, 9.17) is 0 Å². The Morgan fingerprint density at radius 3 is 2.25 bits per heavy atom. The maximum atomic E-state index is 12.1. The molecule has 28 heavy (non-hydrogen) atoms. The Labute approximate surface area is 168 Å². The van der Waals surface area contributed by atoms with E-state index in [9.17, 15) is 9.59 Å². The van der Waals surface area contributed by atoms with Gasteiger partial charge in [0.15, 0.2) is 5.13 Å². The summed E-state index contributed by atoms with van der Waals surface area (Å²) in [5.74, 6) is -0.169. The number of nitrogens with zero attached hydrogens (tertiary/aromatic N) is 1. The van der Waals surface area contributed by atoms with Gasteiger partial charge in [0.2, 0.25) is 11.8 Å².